The molecule has 0 bridgehead atoms. The van der Waals surface area contributed by atoms with E-state index in [0.29, 0.717) is 22.8 Å². The Morgan fingerprint density at radius 1 is 1.00 bits per heavy atom. The first-order valence-electron chi connectivity index (χ1n) is 9.65. The molecular weight excluding hydrogens is 434 g/mol. The van der Waals surface area contributed by atoms with Crippen LogP contribution in [0.15, 0.2) is 53.7 Å². The maximum Gasteiger partial charge on any atom is 0.229 e. The molecule has 0 unspecified atom stereocenters. The third kappa shape index (κ3) is 4.37. The van der Waals surface area contributed by atoms with Crippen molar-refractivity contribution in [3.63, 3.8) is 0 Å². The summed E-state index contributed by atoms with van der Waals surface area (Å²) in [5.41, 5.74) is 6.72. The van der Waals surface area contributed by atoms with Crippen LogP contribution in [0.25, 0.3) is 17.1 Å². The Bertz CT molecular complexity index is 1250. The van der Waals surface area contributed by atoms with Crippen LogP contribution in [0.1, 0.15) is 18.0 Å². The van der Waals surface area contributed by atoms with E-state index in [0.717, 1.165) is 11.6 Å². The van der Waals surface area contributed by atoms with Crippen molar-refractivity contribution in [2.24, 2.45) is 0 Å². The number of thioether (sulfide) groups is 1. The molecule has 4 rings (SSSR count). The predicted molar refractivity (Wildman–Crippen MR) is 120 cm³/mol. The minimum atomic E-state index is -0.726. The van der Waals surface area contributed by atoms with E-state index in [-0.39, 0.29) is 16.9 Å². The van der Waals surface area contributed by atoms with Gasteiger partial charge >= 0.3 is 0 Å². The lowest BCUT2D eigenvalue weighted by Crippen LogP contribution is -2.16. The van der Waals surface area contributed by atoms with Crippen LogP contribution in [0, 0.1) is 11.6 Å². The Labute approximate surface area is 187 Å². The summed E-state index contributed by atoms with van der Waals surface area (Å²) in [6.07, 6.45) is 0. The highest BCUT2D eigenvalue weighted by Crippen LogP contribution is 2.36. The second kappa shape index (κ2) is 8.87. The van der Waals surface area contributed by atoms with Gasteiger partial charge in [-0.15, -0.1) is 10.2 Å². The molecule has 0 aliphatic rings. The summed E-state index contributed by atoms with van der Waals surface area (Å²) in [5.74, 6) is 0.00509. The maximum absolute atomic E-state index is 14.8. The van der Waals surface area contributed by atoms with E-state index in [1.54, 1.807) is 23.6 Å². The fraction of sp³-hybridized carbons (Fsp3) is 0.190. The molecule has 4 aromatic rings. The number of hydrogen-bond acceptors (Lipinski definition) is 8. The number of nitrogens with two attached hydrogens (primary N) is 1. The van der Waals surface area contributed by atoms with Gasteiger partial charge in [0.15, 0.2) is 11.0 Å². The van der Waals surface area contributed by atoms with Gasteiger partial charge in [-0.25, -0.2) is 8.78 Å². The first-order valence-corrected chi connectivity index (χ1v) is 10.5. The zero-order valence-corrected chi connectivity index (χ0v) is 18.4. The highest BCUT2D eigenvalue weighted by atomic mass is 32.2. The Kier molecular flexibility index (Phi) is 5.99. The predicted octanol–water partition coefficient (Wildman–Crippen LogP) is 3.90. The lowest BCUT2D eigenvalue weighted by atomic mass is 10.2. The van der Waals surface area contributed by atoms with Gasteiger partial charge in [0, 0.05) is 25.7 Å². The molecule has 0 radical (unpaired) electrons. The van der Waals surface area contributed by atoms with Crippen molar-refractivity contribution in [1.82, 2.24) is 29.7 Å². The van der Waals surface area contributed by atoms with Crippen LogP contribution in [0.5, 0.6) is 0 Å². The number of nitrogens with zero attached hydrogens (tertiary/aromatic N) is 7. The number of aromatic nitrogens is 6. The van der Waals surface area contributed by atoms with E-state index in [1.165, 1.54) is 23.9 Å². The van der Waals surface area contributed by atoms with Crippen molar-refractivity contribution >= 4 is 23.7 Å². The van der Waals surface area contributed by atoms with Gasteiger partial charge in [0.25, 0.3) is 0 Å². The number of rotatable bonds is 6. The minimum Gasteiger partial charge on any atom is -0.368 e. The summed E-state index contributed by atoms with van der Waals surface area (Å²) in [7, 11) is 3.60. The van der Waals surface area contributed by atoms with Crippen molar-refractivity contribution in [2.45, 2.75) is 17.3 Å². The molecule has 2 heterocycles. The summed E-state index contributed by atoms with van der Waals surface area (Å²) in [6.45, 7) is 1.88. The average molecular weight is 455 g/mol. The lowest BCUT2D eigenvalue weighted by molar-refractivity contribution is 0.575. The largest absolute Gasteiger partial charge is 0.368 e. The molecule has 0 aliphatic carbocycles. The average Bonchev–Trinajstić information content (AvgIpc) is 3.17. The van der Waals surface area contributed by atoms with Crippen molar-refractivity contribution in [3.05, 3.63) is 66.0 Å². The molecular formula is C21H20F2N8S. The first-order chi connectivity index (χ1) is 15.3. The third-order valence-electron chi connectivity index (χ3n) is 4.52. The van der Waals surface area contributed by atoms with Crippen LogP contribution in [0.2, 0.25) is 0 Å². The standard InChI is InChI=1S/C21H20F2N8S/c1-12(17-25-19(24)27-20(26-17)30(2)3)32-21-29-28-18(13-7-5-4-6-8-13)31(21)16-10-9-14(22)11-15(16)23/h4-12H,1-3H3,(H2,24,25,26,27)/t12-/m1/s1. The van der Waals surface area contributed by atoms with Crippen LogP contribution in [-0.2, 0) is 0 Å². The highest BCUT2D eigenvalue weighted by molar-refractivity contribution is 7.99. The summed E-state index contributed by atoms with van der Waals surface area (Å²) in [4.78, 5) is 14.5. The summed E-state index contributed by atoms with van der Waals surface area (Å²) in [6, 6.07) is 12.6. The third-order valence-corrected chi connectivity index (χ3v) is 5.56. The Hall–Kier alpha value is -3.60. The Balaban J connectivity index is 1.79. The van der Waals surface area contributed by atoms with E-state index in [4.69, 9.17) is 5.73 Å². The summed E-state index contributed by atoms with van der Waals surface area (Å²) >= 11 is 1.28. The Morgan fingerprint density at radius 3 is 2.44 bits per heavy atom. The first kappa shape index (κ1) is 21.6. The van der Waals surface area contributed by atoms with Gasteiger partial charge in [-0.2, -0.15) is 15.0 Å². The molecule has 0 spiro atoms. The molecule has 2 aromatic carbocycles. The van der Waals surface area contributed by atoms with Gasteiger partial charge in [0.2, 0.25) is 11.9 Å². The number of benzene rings is 2. The molecule has 8 nitrogen and oxygen atoms in total. The maximum atomic E-state index is 14.8. The molecule has 0 aliphatic heterocycles. The zero-order chi connectivity index (χ0) is 22.8. The van der Waals surface area contributed by atoms with Crippen molar-refractivity contribution in [3.8, 4) is 17.1 Å². The fourth-order valence-electron chi connectivity index (χ4n) is 2.99. The molecule has 164 valence electrons. The van der Waals surface area contributed by atoms with Gasteiger partial charge in [-0.3, -0.25) is 4.57 Å². The normalized spacial score (nSPS) is 12.0. The lowest BCUT2D eigenvalue weighted by Gasteiger charge is -2.16. The van der Waals surface area contributed by atoms with E-state index in [2.05, 4.69) is 25.1 Å². The van der Waals surface area contributed by atoms with Gasteiger partial charge in [-0.05, 0) is 19.1 Å². The van der Waals surface area contributed by atoms with Crippen LogP contribution < -0.4 is 10.6 Å². The van der Waals surface area contributed by atoms with E-state index in [9.17, 15) is 8.78 Å². The van der Waals surface area contributed by atoms with E-state index in [1.807, 2.05) is 37.3 Å². The van der Waals surface area contributed by atoms with Gasteiger partial charge < -0.3 is 10.6 Å². The zero-order valence-electron chi connectivity index (χ0n) is 17.6. The summed E-state index contributed by atoms with van der Waals surface area (Å²) in [5, 5.41) is 8.65. The van der Waals surface area contributed by atoms with Crippen LogP contribution in [-0.4, -0.2) is 43.8 Å². The Morgan fingerprint density at radius 2 is 1.75 bits per heavy atom. The molecule has 0 saturated carbocycles. The molecule has 0 saturated heterocycles. The molecule has 11 heteroatoms. The SMILES string of the molecule is C[C@@H](Sc1nnc(-c2ccccc2)n1-c1ccc(F)cc1F)c1nc(N)nc(N(C)C)n1. The van der Waals surface area contributed by atoms with Crippen LogP contribution in [0.3, 0.4) is 0 Å². The number of nitrogen functional groups attached to an aromatic ring is 1. The smallest absolute Gasteiger partial charge is 0.229 e. The van der Waals surface area contributed by atoms with Crippen LogP contribution >= 0.6 is 11.8 Å². The summed E-state index contributed by atoms with van der Waals surface area (Å²) < 4.78 is 29.9. The van der Waals surface area contributed by atoms with Gasteiger partial charge in [-0.1, -0.05) is 42.1 Å². The fourth-order valence-corrected chi connectivity index (χ4v) is 3.90. The van der Waals surface area contributed by atoms with E-state index < -0.39 is 11.6 Å². The molecule has 0 fully saturated rings. The number of anilines is 2. The van der Waals surface area contributed by atoms with Crippen molar-refractivity contribution < 1.29 is 8.78 Å². The quantitative estimate of drug-likeness (QED) is 0.438. The molecule has 1 atom stereocenters. The molecule has 2 N–H and O–H groups in total. The molecule has 2 aromatic heterocycles. The molecule has 0 amide bonds. The topological polar surface area (TPSA) is 98.6 Å². The monoisotopic (exact) mass is 454 g/mol. The van der Waals surface area contributed by atoms with E-state index >= 15 is 0 Å². The second-order valence-corrected chi connectivity index (χ2v) is 8.42. The highest BCUT2D eigenvalue weighted by Gasteiger charge is 2.23. The van der Waals surface area contributed by atoms with Crippen molar-refractivity contribution in [2.75, 3.05) is 24.7 Å². The van der Waals surface area contributed by atoms with Crippen molar-refractivity contribution in [1.29, 1.82) is 0 Å². The second-order valence-electron chi connectivity index (χ2n) is 7.11. The van der Waals surface area contributed by atoms with Gasteiger partial charge in [0.05, 0.1) is 10.9 Å². The van der Waals surface area contributed by atoms with Gasteiger partial charge in [0.1, 0.15) is 17.5 Å². The minimum absolute atomic E-state index is 0.0992. The van der Waals surface area contributed by atoms with Crippen LogP contribution in [0.4, 0.5) is 20.7 Å². The molecule has 32 heavy (non-hydrogen) atoms. The number of halogens is 2. The number of hydrogen-bond donors (Lipinski definition) is 1.